The maximum Gasteiger partial charge on any atom is 0.0543 e. The van der Waals surface area contributed by atoms with Gasteiger partial charge in [0.05, 0.1) is 5.69 Å². The molecular weight excluding hydrogens is 542 g/mol. The van der Waals surface area contributed by atoms with Crippen LogP contribution in [0.4, 0.5) is 17.1 Å². The van der Waals surface area contributed by atoms with Gasteiger partial charge in [-0.1, -0.05) is 88.4 Å². The van der Waals surface area contributed by atoms with Crippen LogP contribution in [-0.4, -0.2) is 0 Å². The van der Waals surface area contributed by atoms with Gasteiger partial charge in [0.25, 0.3) is 0 Å². The molecule has 3 aliphatic rings. The summed E-state index contributed by atoms with van der Waals surface area (Å²) in [6.07, 6.45) is 9.94. The number of rotatable bonds is 5. The lowest BCUT2D eigenvalue weighted by Crippen LogP contribution is -2.18. The van der Waals surface area contributed by atoms with Crippen LogP contribution in [0.15, 0.2) is 97.1 Å². The van der Waals surface area contributed by atoms with Crippen molar-refractivity contribution in [3.63, 3.8) is 0 Å². The summed E-state index contributed by atoms with van der Waals surface area (Å²) in [5.74, 6) is 0.436. The number of nitrogens with zero attached hydrogens (tertiary/aromatic N) is 1. The summed E-state index contributed by atoms with van der Waals surface area (Å²) in [6, 6.07) is 37.7. The van der Waals surface area contributed by atoms with Gasteiger partial charge in [0, 0.05) is 22.4 Å². The summed E-state index contributed by atoms with van der Waals surface area (Å²) >= 11 is 0. The van der Waals surface area contributed by atoms with E-state index in [0.717, 1.165) is 0 Å². The largest absolute Gasteiger partial charge is 0.310 e. The van der Waals surface area contributed by atoms with E-state index in [4.69, 9.17) is 0 Å². The summed E-state index contributed by atoms with van der Waals surface area (Å²) in [4.78, 5) is 2.56. The van der Waals surface area contributed by atoms with Crippen molar-refractivity contribution in [2.75, 3.05) is 4.90 Å². The predicted octanol–water partition coefficient (Wildman–Crippen LogP) is 12.0. The molecule has 1 nitrogen and oxygen atoms in total. The normalized spacial score (nSPS) is 16.1. The minimum Gasteiger partial charge on any atom is -0.310 e. The second-order valence-corrected chi connectivity index (χ2v) is 14.5. The lowest BCUT2D eigenvalue weighted by molar-refractivity contribution is 0.660. The van der Waals surface area contributed by atoms with E-state index in [1.807, 2.05) is 0 Å². The van der Waals surface area contributed by atoms with Crippen molar-refractivity contribution in [2.45, 2.75) is 90.4 Å². The fraction of sp³-hybridized carbons (Fsp3) is 0.318. The van der Waals surface area contributed by atoms with Crippen molar-refractivity contribution >= 4 is 17.1 Å². The molecule has 0 aliphatic heterocycles. The van der Waals surface area contributed by atoms with Gasteiger partial charge < -0.3 is 4.90 Å². The molecule has 1 heteroatoms. The molecule has 8 rings (SSSR count). The van der Waals surface area contributed by atoms with Crippen LogP contribution in [-0.2, 0) is 31.1 Å². The van der Waals surface area contributed by atoms with Gasteiger partial charge >= 0.3 is 0 Å². The molecular formula is C44H45N. The number of anilines is 3. The maximum absolute atomic E-state index is 2.58. The quantitative estimate of drug-likeness (QED) is 0.198. The molecule has 0 heterocycles. The number of hydrogen-bond donors (Lipinski definition) is 0. The molecule has 0 saturated carbocycles. The Labute approximate surface area is 270 Å². The lowest BCUT2D eigenvalue weighted by atomic mass is 9.80. The van der Waals surface area contributed by atoms with Crippen LogP contribution in [0.25, 0.3) is 22.3 Å². The van der Waals surface area contributed by atoms with Gasteiger partial charge in [-0.15, -0.1) is 0 Å². The Morgan fingerprint density at radius 1 is 0.511 bits per heavy atom. The van der Waals surface area contributed by atoms with Gasteiger partial charge in [-0.25, -0.2) is 0 Å². The van der Waals surface area contributed by atoms with Crippen LogP contribution in [0, 0.1) is 0 Å². The van der Waals surface area contributed by atoms with Gasteiger partial charge in [-0.2, -0.15) is 0 Å². The second kappa shape index (κ2) is 11.1. The number of hydrogen-bond acceptors (Lipinski definition) is 1. The van der Waals surface area contributed by atoms with Crippen molar-refractivity contribution in [1.29, 1.82) is 0 Å². The molecule has 0 aromatic heterocycles. The van der Waals surface area contributed by atoms with Gasteiger partial charge in [-0.3, -0.25) is 0 Å². The van der Waals surface area contributed by atoms with Crippen molar-refractivity contribution in [2.24, 2.45) is 0 Å². The Bertz CT molecular complexity index is 1910. The number of benzene rings is 5. The first-order valence-corrected chi connectivity index (χ1v) is 17.3. The van der Waals surface area contributed by atoms with Crippen molar-refractivity contribution in [3.05, 3.63) is 136 Å². The Morgan fingerprint density at radius 3 is 1.89 bits per heavy atom. The predicted molar refractivity (Wildman–Crippen MR) is 191 cm³/mol. The van der Waals surface area contributed by atoms with E-state index in [0.29, 0.717) is 5.92 Å². The standard InChI is InChI=1S/C44H45N/c1-29(2)37-25-32-16-10-11-17-33(32)26-38(37)40-27-39-36-20-12-13-21-41(36)44(3,4)42(39)28-43(40)45(34-18-6-5-7-19-34)35-23-22-30-14-8-9-15-31(30)24-35/h5-7,12-13,18-29H,8-11,14-17H2,1-4H3. The highest BCUT2D eigenvalue weighted by Crippen LogP contribution is 2.54. The SMILES string of the molecule is CC(C)c1cc2c(cc1-c1cc3c(cc1N(c1ccccc1)c1ccc4c(c1)CCCC4)C(C)(C)c1ccccc1-3)CCCC2. The third-order valence-corrected chi connectivity index (χ3v) is 11.0. The molecule has 0 atom stereocenters. The van der Waals surface area contributed by atoms with E-state index in [1.54, 1.807) is 11.1 Å². The first-order chi connectivity index (χ1) is 21.9. The second-order valence-electron chi connectivity index (χ2n) is 14.5. The van der Waals surface area contributed by atoms with Gasteiger partial charge in [0.2, 0.25) is 0 Å². The van der Waals surface area contributed by atoms with E-state index in [9.17, 15) is 0 Å². The Morgan fingerprint density at radius 2 is 1.16 bits per heavy atom. The van der Waals surface area contributed by atoms with Gasteiger partial charge in [0.15, 0.2) is 0 Å². The summed E-state index contributed by atoms with van der Waals surface area (Å²) < 4.78 is 0. The molecule has 0 amide bonds. The Balaban J connectivity index is 1.45. The maximum atomic E-state index is 2.58. The summed E-state index contributed by atoms with van der Waals surface area (Å²) in [7, 11) is 0. The molecule has 45 heavy (non-hydrogen) atoms. The first-order valence-electron chi connectivity index (χ1n) is 17.3. The zero-order valence-electron chi connectivity index (χ0n) is 27.4. The van der Waals surface area contributed by atoms with Crippen LogP contribution >= 0.6 is 0 Å². The molecule has 0 saturated heterocycles. The zero-order valence-corrected chi connectivity index (χ0v) is 27.4. The highest BCUT2D eigenvalue weighted by Gasteiger charge is 2.37. The van der Waals surface area contributed by atoms with Crippen LogP contribution < -0.4 is 4.90 Å². The third-order valence-electron chi connectivity index (χ3n) is 11.0. The van der Waals surface area contributed by atoms with E-state index in [1.165, 1.54) is 118 Å². The highest BCUT2D eigenvalue weighted by atomic mass is 15.1. The first kappa shape index (κ1) is 28.4. The number of para-hydroxylation sites is 1. The van der Waals surface area contributed by atoms with Crippen LogP contribution in [0.1, 0.15) is 98.2 Å². The molecule has 0 spiro atoms. The topological polar surface area (TPSA) is 3.24 Å². The van der Waals surface area contributed by atoms with Crippen LogP contribution in [0.2, 0.25) is 0 Å². The molecule has 5 aromatic rings. The highest BCUT2D eigenvalue weighted by molar-refractivity contribution is 5.95. The minimum atomic E-state index is -0.0753. The Kier molecular flexibility index (Phi) is 6.97. The molecule has 0 bridgehead atoms. The smallest absolute Gasteiger partial charge is 0.0543 e. The molecule has 0 radical (unpaired) electrons. The number of fused-ring (bicyclic) bond motifs is 5. The van der Waals surface area contributed by atoms with E-state index in [2.05, 4.69) is 130 Å². The minimum absolute atomic E-state index is 0.0753. The van der Waals surface area contributed by atoms with Gasteiger partial charge in [-0.05, 0) is 149 Å². The van der Waals surface area contributed by atoms with Gasteiger partial charge in [0.1, 0.15) is 0 Å². The lowest BCUT2D eigenvalue weighted by Gasteiger charge is -2.32. The monoisotopic (exact) mass is 587 g/mol. The average Bonchev–Trinajstić information content (AvgIpc) is 3.30. The summed E-state index contributed by atoms with van der Waals surface area (Å²) in [5, 5.41) is 0. The fourth-order valence-electron chi connectivity index (χ4n) is 8.52. The molecule has 0 fully saturated rings. The zero-order chi connectivity index (χ0) is 30.7. The fourth-order valence-corrected chi connectivity index (χ4v) is 8.52. The molecule has 0 N–H and O–H groups in total. The van der Waals surface area contributed by atoms with E-state index in [-0.39, 0.29) is 5.41 Å². The molecule has 3 aliphatic carbocycles. The summed E-state index contributed by atoms with van der Waals surface area (Å²) in [5.41, 5.74) is 19.7. The van der Waals surface area contributed by atoms with Crippen LogP contribution in [0.5, 0.6) is 0 Å². The molecule has 5 aromatic carbocycles. The Hall–Kier alpha value is -4.10. The van der Waals surface area contributed by atoms with E-state index < -0.39 is 0 Å². The molecule has 226 valence electrons. The summed E-state index contributed by atoms with van der Waals surface area (Å²) in [6.45, 7) is 9.56. The van der Waals surface area contributed by atoms with Crippen LogP contribution in [0.3, 0.4) is 0 Å². The van der Waals surface area contributed by atoms with Crippen molar-refractivity contribution < 1.29 is 0 Å². The van der Waals surface area contributed by atoms with Crippen molar-refractivity contribution in [1.82, 2.24) is 0 Å². The van der Waals surface area contributed by atoms with E-state index >= 15 is 0 Å². The van der Waals surface area contributed by atoms with Crippen molar-refractivity contribution in [3.8, 4) is 22.3 Å². The average molecular weight is 588 g/mol. The number of aryl methyl sites for hydroxylation is 4. The third kappa shape index (κ3) is 4.75. The molecule has 0 unspecified atom stereocenters.